The lowest BCUT2D eigenvalue weighted by atomic mass is 10.0. The number of hydrogen-bond acceptors (Lipinski definition) is 4. The van der Waals surface area contributed by atoms with Crippen LogP contribution >= 0.6 is 0 Å². The molecule has 32 heavy (non-hydrogen) atoms. The fourth-order valence-corrected chi connectivity index (χ4v) is 4.68. The predicted octanol–water partition coefficient (Wildman–Crippen LogP) is 5.77. The lowest BCUT2D eigenvalue weighted by Crippen LogP contribution is -2.15. The minimum atomic E-state index is -3.74. The van der Waals surface area contributed by atoms with Crippen molar-refractivity contribution in [1.29, 1.82) is 0 Å². The van der Waals surface area contributed by atoms with Crippen molar-refractivity contribution in [3.63, 3.8) is 0 Å². The number of benzene rings is 4. The second-order valence-electron chi connectivity index (χ2n) is 7.31. The summed E-state index contributed by atoms with van der Waals surface area (Å²) in [6.45, 7) is 1.76. The molecule has 160 valence electrons. The monoisotopic (exact) mass is 442 g/mol. The molecule has 0 fully saturated rings. The largest absolute Gasteiger partial charge is 0.354 e. The molecule has 0 aliphatic heterocycles. The summed E-state index contributed by atoms with van der Waals surface area (Å²) < 4.78 is 28.5. The molecule has 0 amide bonds. The lowest BCUT2D eigenvalue weighted by molar-refractivity contribution is 0.103. The Hall–Kier alpha value is -3.90. The number of nitrogens with one attached hydrogen (secondary N) is 2. The standard InChI is InChI=1S/C26H22N2O3S/c1-19-9-5-8-14-25(19)32(30,31)28-24-13-7-6-12-23(24)27-22-17-15-21(16-18-22)26(29)20-10-3-2-4-11-20/h2-18,27-28H,1H3. The molecule has 0 aliphatic rings. The fraction of sp³-hybridized carbons (Fsp3) is 0.0385. The van der Waals surface area contributed by atoms with E-state index < -0.39 is 10.0 Å². The fourth-order valence-electron chi connectivity index (χ4n) is 3.36. The Morgan fingerprint density at radius 2 is 1.22 bits per heavy atom. The highest BCUT2D eigenvalue weighted by Gasteiger charge is 2.18. The number of para-hydroxylation sites is 2. The van der Waals surface area contributed by atoms with Gasteiger partial charge >= 0.3 is 0 Å². The zero-order valence-electron chi connectivity index (χ0n) is 17.4. The van der Waals surface area contributed by atoms with Crippen molar-refractivity contribution < 1.29 is 13.2 Å². The first-order valence-electron chi connectivity index (χ1n) is 10.1. The molecule has 2 N–H and O–H groups in total. The lowest BCUT2D eigenvalue weighted by Gasteiger charge is -2.15. The quantitative estimate of drug-likeness (QED) is 0.356. The number of rotatable bonds is 7. The van der Waals surface area contributed by atoms with Crippen molar-refractivity contribution >= 4 is 32.9 Å². The molecule has 0 saturated carbocycles. The zero-order chi connectivity index (χ0) is 22.6. The Kier molecular flexibility index (Phi) is 6.05. The van der Waals surface area contributed by atoms with Gasteiger partial charge in [-0.1, -0.05) is 60.7 Å². The molecule has 0 aromatic heterocycles. The van der Waals surface area contributed by atoms with Gasteiger partial charge in [-0.25, -0.2) is 8.42 Å². The molecule has 6 heteroatoms. The van der Waals surface area contributed by atoms with Crippen LogP contribution in [0.5, 0.6) is 0 Å². The number of ketones is 1. The number of anilines is 3. The smallest absolute Gasteiger partial charge is 0.262 e. The van der Waals surface area contributed by atoms with Crippen LogP contribution in [0.25, 0.3) is 0 Å². The van der Waals surface area contributed by atoms with Crippen LogP contribution in [0.1, 0.15) is 21.5 Å². The highest BCUT2D eigenvalue weighted by molar-refractivity contribution is 7.92. The minimum absolute atomic E-state index is 0.0523. The Morgan fingerprint density at radius 3 is 1.91 bits per heavy atom. The van der Waals surface area contributed by atoms with E-state index in [1.54, 1.807) is 85.8 Å². The van der Waals surface area contributed by atoms with Crippen molar-refractivity contribution in [3.05, 3.63) is 120 Å². The summed E-state index contributed by atoms with van der Waals surface area (Å²) in [5, 5.41) is 3.23. The van der Waals surface area contributed by atoms with Gasteiger partial charge in [0.05, 0.1) is 16.3 Å². The van der Waals surface area contributed by atoms with Crippen molar-refractivity contribution in [2.24, 2.45) is 0 Å². The Bertz CT molecular complexity index is 1350. The Morgan fingerprint density at radius 1 is 0.656 bits per heavy atom. The van der Waals surface area contributed by atoms with Crippen molar-refractivity contribution in [3.8, 4) is 0 Å². The van der Waals surface area contributed by atoms with E-state index in [2.05, 4.69) is 10.0 Å². The van der Waals surface area contributed by atoms with Gasteiger partial charge in [-0.3, -0.25) is 9.52 Å². The van der Waals surface area contributed by atoms with E-state index >= 15 is 0 Å². The summed E-state index contributed by atoms with van der Waals surface area (Å²) in [6.07, 6.45) is 0. The maximum atomic E-state index is 12.9. The SMILES string of the molecule is Cc1ccccc1S(=O)(=O)Nc1ccccc1Nc1ccc(C(=O)c2ccccc2)cc1. The van der Waals surface area contributed by atoms with E-state index in [1.807, 2.05) is 24.3 Å². The van der Waals surface area contributed by atoms with Crippen LogP contribution in [-0.2, 0) is 10.0 Å². The van der Waals surface area contributed by atoms with Gasteiger partial charge < -0.3 is 5.32 Å². The first kappa shape index (κ1) is 21.3. The molecule has 0 saturated heterocycles. The second-order valence-corrected chi connectivity index (χ2v) is 8.96. The topological polar surface area (TPSA) is 75.3 Å². The molecular weight excluding hydrogens is 420 g/mol. The van der Waals surface area contributed by atoms with Crippen molar-refractivity contribution in [2.75, 3.05) is 10.0 Å². The summed E-state index contributed by atoms with van der Waals surface area (Å²) in [4.78, 5) is 12.8. The van der Waals surface area contributed by atoms with E-state index in [4.69, 9.17) is 0 Å². The van der Waals surface area contributed by atoms with Crippen molar-refractivity contribution in [2.45, 2.75) is 11.8 Å². The molecule has 5 nitrogen and oxygen atoms in total. The first-order valence-corrected chi connectivity index (χ1v) is 11.6. The average Bonchev–Trinajstić information content (AvgIpc) is 2.81. The van der Waals surface area contributed by atoms with Gasteiger partial charge in [-0.15, -0.1) is 0 Å². The van der Waals surface area contributed by atoms with E-state index in [1.165, 1.54) is 0 Å². The normalized spacial score (nSPS) is 11.0. The van der Waals surface area contributed by atoms with Crippen molar-refractivity contribution in [1.82, 2.24) is 0 Å². The summed E-state index contributed by atoms with van der Waals surface area (Å²) >= 11 is 0. The van der Waals surface area contributed by atoms with Gasteiger partial charge in [0, 0.05) is 16.8 Å². The number of sulfonamides is 1. The number of aryl methyl sites for hydroxylation is 1. The molecule has 0 unspecified atom stereocenters. The van der Waals surface area contributed by atoms with E-state index in [0.29, 0.717) is 28.1 Å². The maximum absolute atomic E-state index is 12.9. The molecule has 0 atom stereocenters. The van der Waals surface area contributed by atoms with Gasteiger partial charge in [0.15, 0.2) is 5.78 Å². The first-order chi connectivity index (χ1) is 15.4. The van der Waals surface area contributed by atoms with Crippen LogP contribution in [0, 0.1) is 6.92 Å². The van der Waals surface area contributed by atoms with Crippen LogP contribution in [0.2, 0.25) is 0 Å². The van der Waals surface area contributed by atoms with E-state index in [9.17, 15) is 13.2 Å². The third-order valence-corrected chi connectivity index (χ3v) is 6.54. The van der Waals surface area contributed by atoms with Crippen LogP contribution in [0.15, 0.2) is 108 Å². The molecule has 4 aromatic carbocycles. The number of hydrogen-bond donors (Lipinski definition) is 2. The molecular formula is C26H22N2O3S. The van der Waals surface area contributed by atoms with Crippen LogP contribution in [0.4, 0.5) is 17.1 Å². The van der Waals surface area contributed by atoms with E-state index in [0.717, 1.165) is 5.69 Å². The van der Waals surface area contributed by atoms with Crippen LogP contribution in [-0.4, -0.2) is 14.2 Å². The van der Waals surface area contributed by atoms with E-state index in [-0.39, 0.29) is 10.7 Å². The molecule has 0 aliphatic carbocycles. The highest BCUT2D eigenvalue weighted by atomic mass is 32.2. The van der Waals surface area contributed by atoms with Crippen LogP contribution < -0.4 is 10.0 Å². The van der Waals surface area contributed by atoms with Gasteiger partial charge in [0.2, 0.25) is 0 Å². The van der Waals surface area contributed by atoms with Crippen LogP contribution in [0.3, 0.4) is 0 Å². The Labute approximate surface area is 187 Å². The van der Waals surface area contributed by atoms with Gasteiger partial charge in [0.1, 0.15) is 0 Å². The third-order valence-electron chi connectivity index (χ3n) is 5.02. The molecule has 0 radical (unpaired) electrons. The van der Waals surface area contributed by atoms with Gasteiger partial charge in [-0.05, 0) is 55.0 Å². The summed E-state index contributed by atoms with van der Waals surface area (Å²) in [5.74, 6) is -0.0523. The van der Waals surface area contributed by atoms with Gasteiger partial charge in [0.25, 0.3) is 10.0 Å². The molecule has 4 aromatic rings. The molecule has 0 heterocycles. The summed E-state index contributed by atoms with van der Waals surface area (Å²) in [6, 6.07) is 30.1. The zero-order valence-corrected chi connectivity index (χ0v) is 18.3. The summed E-state index contributed by atoms with van der Waals surface area (Å²) in [7, 11) is -3.74. The third kappa shape index (κ3) is 4.71. The minimum Gasteiger partial charge on any atom is -0.354 e. The predicted molar refractivity (Wildman–Crippen MR) is 128 cm³/mol. The highest BCUT2D eigenvalue weighted by Crippen LogP contribution is 2.28. The Balaban J connectivity index is 1.55. The molecule has 0 bridgehead atoms. The maximum Gasteiger partial charge on any atom is 0.262 e. The number of carbonyl (C=O) groups excluding carboxylic acids is 1. The number of carbonyl (C=O) groups is 1. The summed E-state index contributed by atoms with van der Waals surface area (Å²) in [5.41, 5.74) is 3.65. The molecule has 4 rings (SSSR count). The van der Waals surface area contributed by atoms with Gasteiger partial charge in [-0.2, -0.15) is 0 Å². The molecule has 0 spiro atoms. The second kappa shape index (κ2) is 9.08. The average molecular weight is 443 g/mol.